The van der Waals surface area contributed by atoms with Gasteiger partial charge in [0.05, 0.1) is 6.04 Å². The second kappa shape index (κ2) is 6.71. The molecular weight excluding hydrogens is 329 g/mol. The van der Waals surface area contributed by atoms with Crippen LogP contribution in [0.5, 0.6) is 0 Å². The first-order valence-electron chi connectivity index (χ1n) is 7.20. The molecule has 2 aromatic rings. The van der Waals surface area contributed by atoms with Gasteiger partial charge >= 0.3 is 0 Å². The quantitative estimate of drug-likeness (QED) is 0.798. The molecule has 112 valence electrons. The number of rotatable bonds is 4. The topological polar surface area (TPSA) is 12.0 Å². The summed E-state index contributed by atoms with van der Waals surface area (Å²) in [6.07, 6.45) is 0. The Morgan fingerprint density at radius 2 is 1.81 bits per heavy atom. The summed E-state index contributed by atoms with van der Waals surface area (Å²) in [5.74, 6) is -0.147. The molecule has 0 aliphatic rings. The van der Waals surface area contributed by atoms with Gasteiger partial charge < -0.3 is 5.32 Å². The molecule has 0 spiro atoms. The van der Waals surface area contributed by atoms with Crippen molar-refractivity contribution in [1.29, 1.82) is 0 Å². The zero-order valence-corrected chi connectivity index (χ0v) is 14.5. The van der Waals surface area contributed by atoms with Crippen LogP contribution in [0.3, 0.4) is 0 Å². The Bertz CT molecular complexity index is 629. The highest BCUT2D eigenvalue weighted by molar-refractivity contribution is 9.10. The van der Waals surface area contributed by atoms with Gasteiger partial charge in [-0.2, -0.15) is 0 Å². The standard InChI is InChI=1S/C18H21BrFN/c1-5-21-18(14-7-6-11(2)9-15(14)19)17-13(4)8-12(3)10-16(17)20/h6-10,18,21H,5H2,1-4H3. The molecule has 2 rings (SSSR count). The third-order valence-electron chi connectivity index (χ3n) is 3.64. The number of hydrogen-bond acceptors (Lipinski definition) is 1. The minimum Gasteiger partial charge on any atom is -0.306 e. The van der Waals surface area contributed by atoms with Gasteiger partial charge in [-0.15, -0.1) is 0 Å². The summed E-state index contributed by atoms with van der Waals surface area (Å²) in [6.45, 7) is 8.75. The molecule has 1 unspecified atom stereocenters. The van der Waals surface area contributed by atoms with Gasteiger partial charge in [-0.25, -0.2) is 4.39 Å². The molecule has 1 nitrogen and oxygen atoms in total. The van der Waals surface area contributed by atoms with Crippen LogP contribution in [0.4, 0.5) is 4.39 Å². The van der Waals surface area contributed by atoms with E-state index in [1.165, 1.54) is 5.56 Å². The van der Waals surface area contributed by atoms with Crippen LogP contribution < -0.4 is 5.32 Å². The van der Waals surface area contributed by atoms with Crippen molar-refractivity contribution >= 4 is 15.9 Å². The van der Waals surface area contributed by atoms with E-state index in [4.69, 9.17) is 0 Å². The van der Waals surface area contributed by atoms with E-state index in [0.29, 0.717) is 0 Å². The van der Waals surface area contributed by atoms with Crippen molar-refractivity contribution in [2.45, 2.75) is 33.7 Å². The molecule has 0 radical (unpaired) electrons. The van der Waals surface area contributed by atoms with Gasteiger partial charge in [0.15, 0.2) is 0 Å². The van der Waals surface area contributed by atoms with Crippen molar-refractivity contribution in [1.82, 2.24) is 5.32 Å². The van der Waals surface area contributed by atoms with Crippen LogP contribution >= 0.6 is 15.9 Å². The number of hydrogen-bond donors (Lipinski definition) is 1. The van der Waals surface area contributed by atoms with E-state index in [1.54, 1.807) is 6.07 Å². The Labute approximate surface area is 134 Å². The minimum atomic E-state index is -0.148. The van der Waals surface area contributed by atoms with Gasteiger partial charge in [-0.1, -0.05) is 41.1 Å². The largest absolute Gasteiger partial charge is 0.306 e. The molecule has 3 heteroatoms. The zero-order valence-electron chi connectivity index (χ0n) is 12.9. The van der Waals surface area contributed by atoms with E-state index >= 15 is 0 Å². The van der Waals surface area contributed by atoms with Crippen LogP contribution in [0.15, 0.2) is 34.8 Å². The molecule has 0 saturated carbocycles. The fourth-order valence-electron chi connectivity index (χ4n) is 2.73. The summed E-state index contributed by atoms with van der Waals surface area (Å²) < 4.78 is 15.5. The second-order valence-electron chi connectivity index (χ2n) is 5.49. The average Bonchev–Trinajstić information content (AvgIpc) is 2.37. The first kappa shape index (κ1) is 16.2. The highest BCUT2D eigenvalue weighted by atomic mass is 79.9. The summed E-state index contributed by atoms with van der Waals surface area (Å²) in [5.41, 5.74) is 4.90. The molecule has 0 fully saturated rings. The van der Waals surface area contributed by atoms with Crippen LogP contribution in [0.25, 0.3) is 0 Å². The molecule has 0 aliphatic heterocycles. The van der Waals surface area contributed by atoms with Crippen molar-refractivity contribution in [2.75, 3.05) is 6.54 Å². The van der Waals surface area contributed by atoms with E-state index < -0.39 is 0 Å². The second-order valence-corrected chi connectivity index (χ2v) is 6.35. The lowest BCUT2D eigenvalue weighted by molar-refractivity contribution is 0.554. The van der Waals surface area contributed by atoms with Crippen molar-refractivity contribution in [3.05, 3.63) is 68.4 Å². The fraction of sp³-hybridized carbons (Fsp3) is 0.333. The Kier molecular flexibility index (Phi) is 5.17. The Morgan fingerprint density at radius 1 is 1.10 bits per heavy atom. The van der Waals surface area contributed by atoms with Gasteiger partial charge in [-0.05, 0) is 61.7 Å². The van der Waals surface area contributed by atoms with Gasteiger partial charge in [0, 0.05) is 10.0 Å². The highest BCUT2D eigenvalue weighted by Gasteiger charge is 2.21. The van der Waals surface area contributed by atoms with Crippen LogP contribution in [0, 0.1) is 26.6 Å². The average molecular weight is 350 g/mol. The molecule has 0 aromatic heterocycles. The Morgan fingerprint density at radius 3 is 2.38 bits per heavy atom. The molecule has 2 aromatic carbocycles. The molecule has 0 amide bonds. The summed E-state index contributed by atoms with van der Waals surface area (Å²) in [5, 5.41) is 3.41. The van der Waals surface area contributed by atoms with E-state index in [9.17, 15) is 4.39 Å². The Hall–Kier alpha value is -1.19. The normalized spacial score (nSPS) is 12.5. The molecule has 0 saturated heterocycles. The van der Waals surface area contributed by atoms with Crippen LogP contribution in [-0.2, 0) is 0 Å². The third kappa shape index (κ3) is 3.53. The maximum absolute atomic E-state index is 14.5. The van der Waals surface area contributed by atoms with Gasteiger partial charge in [0.25, 0.3) is 0 Å². The van der Waals surface area contributed by atoms with Gasteiger partial charge in [-0.3, -0.25) is 0 Å². The fourth-order valence-corrected chi connectivity index (χ4v) is 3.45. The smallest absolute Gasteiger partial charge is 0.128 e. The lowest BCUT2D eigenvalue weighted by Gasteiger charge is -2.23. The highest BCUT2D eigenvalue weighted by Crippen LogP contribution is 2.33. The summed E-state index contributed by atoms with van der Waals surface area (Å²) >= 11 is 3.62. The maximum atomic E-state index is 14.5. The van der Waals surface area contributed by atoms with E-state index in [1.807, 2.05) is 26.8 Å². The SMILES string of the molecule is CCNC(c1ccc(C)cc1Br)c1c(C)cc(C)cc1F. The number of nitrogens with one attached hydrogen (secondary N) is 1. The first-order chi connectivity index (χ1) is 9.93. The molecule has 1 N–H and O–H groups in total. The maximum Gasteiger partial charge on any atom is 0.128 e. The molecule has 0 aliphatic carbocycles. The summed E-state index contributed by atoms with van der Waals surface area (Å²) in [6, 6.07) is 9.68. The monoisotopic (exact) mass is 349 g/mol. The predicted molar refractivity (Wildman–Crippen MR) is 90.3 cm³/mol. The van der Waals surface area contributed by atoms with Crippen LogP contribution in [0.2, 0.25) is 0 Å². The van der Waals surface area contributed by atoms with E-state index in [2.05, 4.69) is 46.4 Å². The van der Waals surface area contributed by atoms with Crippen molar-refractivity contribution in [3.63, 3.8) is 0 Å². The minimum absolute atomic E-state index is 0.147. The van der Waals surface area contributed by atoms with Crippen LogP contribution in [-0.4, -0.2) is 6.54 Å². The molecule has 0 bridgehead atoms. The van der Waals surface area contributed by atoms with Gasteiger partial charge in [0.1, 0.15) is 5.82 Å². The van der Waals surface area contributed by atoms with E-state index in [-0.39, 0.29) is 11.9 Å². The third-order valence-corrected chi connectivity index (χ3v) is 4.33. The lowest BCUT2D eigenvalue weighted by Crippen LogP contribution is -2.24. The molecular formula is C18H21BrFN. The predicted octanol–water partition coefficient (Wildman–Crippen LogP) is 5.21. The van der Waals surface area contributed by atoms with Crippen molar-refractivity contribution in [3.8, 4) is 0 Å². The number of halogens is 2. The van der Waals surface area contributed by atoms with Crippen LogP contribution in [0.1, 0.15) is 40.8 Å². The molecule has 21 heavy (non-hydrogen) atoms. The Balaban J connectivity index is 2.59. The zero-order chi connectivity index (χ0) is 15.6. The van der Waals surface area contributed by atoms with Crippen molar-refractivity contribution < 1.29 is 4.39 Å². The summed E-state index contributed by atoms with van der Waals surface area (Å²) in [4.78, 5) is 0. The molecule has 1 atom stereocenters. The van der Waals surface area contributed by atoms with Gasteiger partial charge in [0.2, 0.25) is 0 Å². The number of aryl methyl sites for hydroxylation is 3. The number of benzene rings is 2. The lowest BCUT2D eigenvalue weighted by atomic mass is 9.92. The molecule has 0 heterocycles. The summed E-state index contributed by atoms with van der Waals surface area (Å²) in [7, 11) is 0. The van der Waals surface area contributed by atoms with Crippen molar-refractivity contribution in [2.24, 2.45) is 0 Å². The first-order valence-corrected chi connectivity index (χ1v) is 7.99. The van der Waals surface area contributed by atoms with E-state index in [0.717, 1.165) is 33.3 Å².